The van der Waals surface area contributed by atoms with Crippen LogP contribution in [0.3, 0.4) is 0 Å². The van der Waals surface area contributed by atoms with E-state index in [0.717, 1.165) is 0 Å². The van der Waals surface area contributed by atoms with Crippen molar-refractivity contribution in [2.24, 2.45) is 11.8 Å². The highest BCUT2D eigenvalue weighted by Gasteiger charge is 2.68. The van der Waals surface area contributed by atoms with Crippen molar-refractivity contribution in [1.82, 2.24) is 0 Å². The number of carbonyl (C=O) groups excluding carboxylic acids is 2. The van der Waals surface area contributed by atoms with E-state index in [0.29, 0.717) is 12.2 Å². The number of ketones is 2. The van der Waals surface area contributed by atoms with Crippen molar-refractivity contribution in [3.05, 3.63) is 12.2 Å². The van der Waals surface area contributed by atoms with Crippen LogP contribution in [0.1, 0.15) is 54.9 Å². The fourth-order valence-corrected chi connectivity index (χ4v) is 8.23. The second kappa shape index (κ2) is 8.22. The first-order valence-corrected chi connectivity index (χ1v) is 18.6. The van der Waals surface area contributed by atoms with Crippen LogP contribution < -0.4 is 0 Å². The lowest BCUT2D eigenvalue weighted by molar-refractivity contribution is -0.171. The van der Waals surface area contributed by atoms with E-state index in [4.69, 9.17) is 8.85 Å². The van der Waals surface area contributed by atoms with Crippen LogP contribution in [0.4, 0.5) is 0 Å². The third-order valence-electron chi connectivity index (χ3n) is 8.24. The molecule has 3 aliphatic rings. The number of carbonyl (C=O) groups is 2. The molecule has 31 heavy (non-hydrogen) atoms. The Kier molecular flexibility index (Phi) is 7.17. The highest BCUT2D eigenvalue weighted by atomic mass is 32.2. The van der Waals surface area contributed by atoms with E-state index >= 15 is 0 Å². The van der Waals surface area contributed by atoms with Gasteiger partial charge in [0.05, 0.1) is 5.92 Å². The van der Waals surface area contributed by atoms with Crippen LogP contribution >= 0.6 is 11.8 Å². The van der Waals surface area contributed by atoms with Crippen LogP contribution in [0.25, 0.3) is 0 Å². The third kappa shape index (κ3) is 4.46. The standard InChI is InChI=1S/C24H44O4SSi2/c1-17(25)19-15-18-13-14-23(19,27-30(9,10)21(2,3)4)20(26)24(18,16-29-8)28-31(11,12)22(5,6)7/h13-14,18-19H,15-16H2,1-12H3/t18-,19-,23-,24+/m1/s1. The zero-order valence-electron chi connectivity index (χ0n) is 21.8. The molecule has 0 aromatic rings. The lowest BCUT2D eigenvalue weighted by atomic mass is 9.57. The minimum atomic E-state index is -2.35. The Hall–Kier alpha value is -0.216. The first kappa shape index (κ1) is 27.0. The van der Waals surface area contributed by atoms with Crippen LogP contribution in [-0.4, -0.2) is 51.4 Å². The summed E-state index contributed by atoms with van der Waals surface area (Å²) in [4.78, 5) is 27.3. The SMILES string of the molecule is CSC[C@@]1(O[Si](C)(C)C(C)(C)C)C(=O)[C@@]2(O[Si](C)(C)C(C)(C)C)C=C[C@@H]1C[C@@H]2C(C)=O. The van der Waals surface area contributed by atoms with E-state index in [2.05, 4.69) is 73.8 Å². The number of Topliss-reactive ketones (excluding diaryl/α,β-unsaturated/α-hetero) is 2. The van der Waals surface area contributed by atoms with Crippen molar-refractivity contribution < 1.29 is 18.4 Å². The van der Waals surface area contributed by atoms with Crippen LogP contribution in [-0.2, 0) is 18.4 Å². The van der Waals surface area contributed by atoms with E-state index in [9.17, 15) is 9.59 Å². The average molecular weight is 485 g/mol. The van der Waals surface area contributed by atoms with E-state index in [1.807, 2.05) is 12.3 Å². The molecule has 0 radical (unpaired) electrons. The maximum absolute atomic E-state index is 14.5. The molecule has 0 aromatic heterocycles. The van der Waals surface area contributed by atoms with Gasteiger partial charge < -0.3 is 8.85 Å². The second-order valence-electron chi connectivity index (χ2n) is 12.5. The Bertz CT molecular complexity index is 763. The number of hydrogen-bond acceptors (Lipinski definition) is 5. The van der Waals surface area contributed by atoms with Gasteiger partial charge in [-0.1, -0.05) is 47.6 Å². The molecule has 0 aliphatic heterocycles. The first-order valence-electron chi connectivity index (χ1n) is 11.4. The summed E-state index contributed by atoms with van der Waals surface area (Å²) in [6, 6.07) is 0. The van der Waals surface area contributed by atoms with Crippen LogP contribution in [0, 0.1) is 11.8 Å². The first-order chi connectivity index (χ1) is 13.8. The summed E-state index contributed by atoms with van der Waals surface area (Å²) < 4.78 is 13.9. The molecule has 0 N–H and O–H groups in total. The molecule has 7 heteroatoms. The highest BCUT2D eigenvalue weighted by molar-refractivity contribution is 7.98. The van der Waals surface area contributed by atoms with Gasteiger partial charge in [0.25, 0.3) is 0 Å². The van der Waals surface area contributed by atoms with E-state index in [1.165, 1.54) is 0 Å². The Morgan fingerprint density at radius 1 is 1.06 bits per heavy atom. The van der Waals surface area contributed by atoms with Crippen LogP contribution in [0.5, 0.6) is 0 Å². The summed E-state index contributed by atoms with van der Waals surface area (Å²) in [6.07, 6.45) is 6.68. The quantitative estimate of drug-likeness (QED) is 0.316. The molecule has 2 bridgehead atoms. The van der Waals surface area contributed by atoms with Gasteiger partial charge in [0.15, 0.2) is 22.4 Å². The fourth-order valence-electron chi connectivity index (χ4n) is 4.30. The molecule has 3 aliphatic carbocycles. The summed E-state index contributed by atoms with van der Waals surface area (Å²) in [6.45, 7) is 23.4. The number of hydrogen-bond donors (Lipinski definition) is 0. The Labute approximate surface area is 196 Å². The summed E-state index contributed by atoms with van der Waals surface area (Å²) in [5.74, 6) is 0.0533. The van der Waals surface area contributed by atoms with Gasteiger partial charge in [-0.3, -0.25) is 9.59 Å². The lowest BCUT2D eigenvalue weighted by Gasteiger charge is -2.59. The minimum Gasteiger partial charge on any atom is -0.403 e. The van der Waals surface area contributed by atoms with Crippen molar-refractivity contribution >= 4 is 40.0 Å². The van der Waals surface area contributed by atoms with E-state index in [1.54, 1.807) is 18.7 Å². The average Bonchev–Trinajstić information content (AvgIpc) is 2.56. The second-order valence-corrected chi connectivity index (χ2v) is 22.8. The molecule has 1 saturated carbocycles. The van der Waals surface area contributed by atoms with E-state index in [-0.39, 0.29) is 27.6 Å². The maximum Gasteiger partial charge on any atom is 0.200 e. The largest absolute Gasteiger partial charge is 0.403 e. The molecule has 0 unspecified atom stereocenters. The molecule has 0 spiro atoms. The zero-order chi connectivity index (χ0) is 24.3. The molecule has 3 rings (SSSR count). The molecule has 4 atom stereocenters. The Morgan fingerprint density at radius 3 is 1.97 bits per heavy atom. The van der Waals surface area contributed by atoms with Crippen LogP contribution in [0.15, 0.2) is 12.2 Å². The topological polar surface area (TPSA) is 52.6 Å². The number of fused-ring (bicyclic) bond motifs is 2. The van der Waals surface area contributed by atoms with Gasteiger partial charge >= 0.3 is 0 Å². The lowest BCUT2D eigenvalue weighted by Crippen LogP contribution is -2.74. The molecule has 0 aromatic carbocycles. The van der Waals surface area contributed by atoms with Gasteiger partial charge in [0.1, 0.15) is 17.0 Å². The monoisotopic (exact) mass is 484 g/mol. The summed E-state index contributed by atoms with van der Waals surface area (Å²) in [7, 11) is -4.60. The summed E-state index contributed by atoms with van der Waals surface area (Å²) >= 11 is 1.65. The van der Waals surface area contributed by atoms with Crippen molar-refractivity contribution in [2.75, 3.05) is 12.0 Å². The van der Waals surface area contributed by atoms with Gasteiger partial charge in [-0.25, -0.2) is 0 Å². The zero-order valence-corrected chi connectivity index (χ0v) is 24.6. The molecular weight excluding hydrogens is 440 g/mol. The predicted octanol–water partition coefficient (Wildman–Crippen LogP) is 6.23. The van der Waals surface area contributed by atoms with Gasteiger partial charge in [0, 0.05) is 11.7 Å². The molecule has 1 fully saturated rings. The van der Waals surface area contributed by atoms with Crippen LogP contribution in [0.2, 0.25) is 36.3 Å². The normalized spacial score (nSPS) is 31.9. The molecular formula is C24H44O4SSi2. The fraction of sp³-hybridized carbons (Fsp3) is 0.833. The highest BCUT2D eigenvalue weighted by Crippen LogP contribution is 2.55. The minimum absolute atomic E-state index is 0.0213. The van der Waals surface area contributed by atoms with Crippen molar-refractivity contribution in [3.8, 4) is 0 Å². The smallest absolute Gasteiger partial charge is 0.200 e. The third-order valence-corrected chi connectivity index (χ3v) is 17.9. The van der Waals surface area contributed by atoms with Gasteiger partial charge in [-0.15, -0.1) is 0 Å². The van der Waals surface area contributed by atoms with E-state index < -0.39 is 33.8 Å². The number of rotatable bonds is 7. The molecule has 0 amide bonds. The van der Waals surface area contributed by atoms with Crippen molar-refractivity contribution in [1.29, 1.82) is 0 Å². The molecule has 0 saturated heterocycles. The van der Waals surface area contributed by atoms with Crippen molar-refractivity contribution in [3.63, 3.8) is 0 Å². The van der Waals surface area contributed by atoms with Crippen molar-refractivity contribution in [2.45, 2.75) is 102 Å². The summed E-state index contributed by atoms with van der Waals surface area (Å²) in [5, 5.41) is -0.0967. The molecule has 0 heterocycles. The van der Waals surface area contributed by atoms with Gasteiger partial charge in [-0.05, 0) is 61.9 Å². The molecule has 4 nitrogen and oxygen atoms in total. The molecule has 178 valence electrons. The number of thioether (sulfide) groups is 1. The predicted molar refractivity (Wildman–Crippen MR) is 137 cm³/mol. The van der Waals surface area contributed by atoms with Gasteiger partial charge in [-0.2, -0.15) is 11.8 Å². The Morgan fingerprint density at radius 2 is 1.55 bits per heavy atom. The summed E-state index contributed by atoms with van der Waals surface area (Å²) in [5.41, 5.74) is -2.16. The van der Waals surface area contributed by atoms with Gasteiger partial charge in [0.2, 0.25) is 0 Å². The maximum atomic E-state index is 14.5. The Balaban J connectivity index is 2.68.